The molecule has 0 bridgehead atoms. The van der Waals surface area contributed by atoms with Gasteiger partial charge in [-0.2, -0.15) is 0 Å². The summed E-state index contributed by atoms with van der Waals surface area (Å²) in [6, 6.07) is 5.52. The number of benzene rings is 1. The van der Waals surface area contributed by atoms with Crippen LogP contribution in [-0.4, -0.2) is 31.1 Å². The quantitative estimate of drug-likeness (QED) is 0.454. The first-order chi connectivity index (χ1) is 9.06. The van der Waals surface area contributed by atoms with Crippen LogP contribution in [0, 0.1) is 0 Å². The fraction of sp³-hybridized carbons (Fsp3) is 0.154. The Hall–Kier alpha value is -2.67. The van der Waals surface area contributed by atoms with Crippen molar-refractivity contribution in [2.24, 2.45) is 0 Å². The summed E-state index contributed by atoms with van der Waals surface area (Å²) in [6.07, 6.45) is 0.979. The van der Waals surface area contributed by atoms with E-state index < -0.39 is 17.9 Å². The van der Waals surface area contributed by atoms with Crippen LogP contribution in [0.25, 0.3) is 0 Å². The Morgan fingerprint density at radius 2 is 1.65 bits per heavy atom. The number of ether oxygens (including phenoxy) is 2. The fourth-order valence-corrected chi connectivity index (χ4v) is 1.25. The van der Waals surface area contributed by atoms with Crippen molar-refractivity contribution < 1.29 is 29.0 Å². The minimum absolute atomic E-state index is 0. The monoisotopic (exact) mass is 281 g/mol. The van der Waals surface area contributed by atoms with Gasteiger partial charge < -0.3 is 25.5 Å². The first-order valence-corrected chi connectivity index (χ1v) is 5.33. The van der Waals surface area contributed by atoms with Crippen LogP contribution in [0.2, 0.25) is 0 Å². The molecule has 1 rings (SSSR count). The van der Waals surface area contributed by atoms with Gasteiger partial charge in [0.05, 0.1) is 11.5 Å². The van der Waals surface area contributed by atoms with Crippen LogP contribution in [0.15, 0.2) is 36.9 Å². The molecule has 7 nitrogen and oxygen atoms in total. The molecule has 0 saturated carbocycles. The van der Waals surface area contributed by atoms with Gasteiger partial charge in [0.1, 0.15) is 13.2 Å². The summed E-state index contributed by atoms with van der Waals surface area (Å²) in [5.41, 5.74) is -0.367. The standard InChI is InChI=1S/C13H12O6.H3N/c1-2-11(14)18-7-8-19-13(17)10-6-4-3-5-9(10)12(15)16;/h2-6H,1,7-8H2,(H,15,16);1H3. The summed E-state index contributed by atoms with van der Waals surface area (Å²) >= 11 is 0. The second-order valence-electron chi connectivity index (χ2n) is 3.34. The normalized spacial score (nSPS) is 9.00. The number of hydrogen-bond donors (Lipinski definition) is 1. The van der Waals surface area contributed by atoms with Gasteiger partial charge >= 0.3 is 11.9 Å². The third kappa shape index (κ3) is 4.91. The van der Waals surface area contributed by atoms with Gasteiger partial charge in [-0.1, -0.05) is 24.8 Å². The van der Waals surface area contributed by atoms with E-state index in [-0.39, 0.29) is 30.5 Å². The van der Waals surface area contributed by atoms with Crippen molar-refractivity contribution in [2.75, 3.05) is 13.2 Å². The smallest absolute Gasteiger partial charge is 0.338 e. The number of carboxylic acid groups (broad SMARTS) is 1. The molecule has 0 unspecified atom stereocenters. The maximum absolute atomic E-state index is 11.6. The molecule has 0 fully saturated rings. The number of carboxylic acids is 1. The number of hydrogen-bond acceptors (Lipinski definition) is 6. The van der Waals surface area contributed by atoms with Gasteiger partial charge in [-0.15, -0.1) is 0 Å². The SMILES string of the molecule is C=CC(=O)OCCOC(=O)c1ccccc1C(=O)[O-].[NH4+]. The lowest BCUT2D eigenvalue weighted by molar-refractivity contribution is -0.255. The molecule has 108 valence electrons. The topological polar surface area (TPSA) is 129 Å². The van der Waals surface area contributed by atoms with Crippen LogP contribution < -0.4 is 11.3 Å². The number of quaternary nitrogens is 1. The van der Waals surface area contributed by atoms with Crippen molar-refractivity contribution in [1.29, 1.82) is 0 Å². The molecule has 0 aliphatic heterocycles. The molecule has 0 aromatic heterocycles. The minimum Gasteiger partial charge on any atom is -0.545 e. The van der Waals surface area contributed by atoms with Crippen molar-refractivity contribution in [1.82, 2.24) is 6.15 Å². The predicted octanol–water partition coefficient (Wildman–Crippen LogP) is 0.312. The molecule has 1 aromatic rings. The van der Waals surface area contributed by atoms with Gasteiger partial charge in [-0.05, 0) is 6.07 Å². The highest BCUT2D eigenvalue weighted by Gasteiger charge is 2.12. The lowest BCUT2D eigenvalue weighted by atomic mass is 10.1. The van der Waals surface area contributed by atoms with Gasteiger partial charge in [-0.3, -0.25) is 0 Å². The summed E-state index contributed by atoms with van der Waals surface area (Å²) in [5, 5.41) is 10.8. The second-order valence-corrected chi connectivity index (χ2v) is 3.34. The summed E-state index contributed by atoms with van der Waals surface area (Å²) in [7, 11) is 0. The Labute approximate surface area is 115 Å². The Kier molecular flexibility index (Phi) is 7.31. The van der Waals surface area contributed by atoms with Crippen LogP contribution in [-0.2, 0) is 14.3 Å². The molecule has 0 heterocycles. The zero-order valence-electron chi connectivity index (χ0n) is 11.0. The Morgan fingerprint density at radius 1 is 1.10 bits per heavy atom. The lowest BCUT2D eigenvalue weighted by Gasteiger charge is -2.09. The first kappa shape index (κ1) is 17.3. The van der Waals surface area contributed by atoms with Crippen LogP contribution in [0.1, 0.15) is 20.7 Å². The van der Waals surface area contributed by atoms with E-state index in [1.54, 1.807) is 0 Å². The van der Waals surface area contributed by atoms with Crippen LogP contribution in [0.3, 0.4) is 0 Å². The lowest BCUT2D eigenvalue weighted by Crippen LogP contribution is -2.25. The van der Waals surface area contributed by atoms with E-state index in [1.807, 2.05) is 0 Å². The predicted molar refractivity (Wildman–Crippen MR) is 68.2 cm³/mol. The maximum atomic E-state index is 11.6. The van der Waals surface area contributed by atoms with E-state index >= 15 is 0 Å². The summed E-state index contributed by atoms with van der Waals surface area (Å²) in [4.78, 5) is 33.1. The van der Waals surface area contributed by atoms with Gasteiger partial charge in [0.15, 0.2) is 0 Å². The molecule has 0 amide bonds. The van der Waals surface area contributed by atoms with E-state index in [0.717, 1.165) is 6.08 Å². The molecule has 0 spiro atoms. The van der Waals surface area contributed by atoms with E-state index in [0.29, 0.717) is 0 Å². The highest BCUT2D eigenvalue weighted by Crippen LogP contribution is 2.09. The zero-order chi connectivity index (χ0) is 14.3. The fourth-order valence-electron chi connectivity index (χ4n) is 1.25. The van der Waals surface area contributed by atoms with E-state index in [2.05, 4.69) is 11.3 Å². The molecule has 1 aromatic carbocycles. The number of esters is 2. The molecule has 7 heteroatoms. The molecule has 4 N–H and O–H groups in total. The van der Waals surface area contributed by atoms with Crippen molar-refractivity contribution in [3.63, 3.8) is 0 Å². The van der Waals surface area contributed by atoms with Crippen LogP contribution >= 0.6 is 0 Å². The molecule has 0 aliphatic rings. The average Bonchev–Trinajstić information content (AvgIpc) is 2.42. The third-order valence-corrected chi connectivity index (χ3v) is 2.09. The summed E-state index contributed by atoms with van der Waals surface area (Å²) in [5.74, 6) is -2.92. The molecule has 20 heavy (non-hydrogen) atoms. The highest BCUT2D eigenvalue weighted by molar-refractivity contribution is 6.01. The van der Waals surface area contributed by atoms with E-state index in [1.165, 1.54) is 24.3 Å². The second kappa shape index (κ2) is 8.44. The summed E-state index contributed by atoms with van der Waals surface area (Å²) < 4.78 is 9.36. The highest BCUT2D eigenvalue weighted by atomic mass is 16.6. The third-order valence-electron chi connectivity index (χ3n) is 2.09. The average molecular weight is 281 g/mol. The van der Waals surface area contributed by atoms with E-state index in [4.69, 9.17) is 4.74 Å². The van der Waals surface area contributed by atoms with Crippen molar-refractivity contribution in [3.05, 3.63) is 48.0 Å². The Balaban J connectivity index is 0.00000361. The molecular formula is C13H15NO6. The van der Waals surface area contributed by atoms with Gasteiger partial charge in [0.25, 0.3) is 0 Å². The summed E-state index contributed by atoms with van der Waals surface area (Å²) in [6.45, 7) is 2.88. The molecular weight excluding hydrogens is 266 g/mol. The van der Waals surface area contributed by atoms with Crippen LogP contribution in [0.5, 0.6) is 0 Å². The Bertz CT molecular complexity index is 511. The van der Waals surface area contributed by atoms with Gasteiger partial charge in [0.2, 0.25) is 0 Å². The minimum atomic E-state index is -1.47. The molecule has 0 atom stereocenters. The largest absolute Gasteiger partial charge is 0.545 e. The maximum Gasteiger partial charge on any atom is 0.338 e. The Morgan fingerprint density at radius 3 is 2.20 bits per heavy atom. The number of carbonyl (C=O) groups is 3. The van der Waals surface area contributed by atoms with E-state index in [9.17, 15) is 19.5 Å². The molecule has 0 saturated heterocycles. The molecule has 0 radical (unpaired) electrons. The van der Waals surface area contributed by atoms with Gasteiger partial charge in [-0.25, -0.2) is 9.59 Å². The zero-order valence-corrected chi connectivity index (χ0v) is 11.0. The molecule has 0 aliphatic carbocycles. The number of rotatable bonds is 6. The van der Waals surface area contributed by atoms with Crippen molar-refractivity contribution in [2.45, 2.75) is 0 Å². The number of carbonyl (C=O) groups excluding carboxylic acids is 3. The van der Waals surface area contributed by atoms with Crippen molar-refractivity contribution >= 4 is 17.9 Å². The van der Waals surface area contributed by atoms with Crippen molar-refractivity contribution in [3.8, 4) is 0 Å². The number of aromatic carboxylic acids is 1. The first-order valence-electron chi connectivity index (χ1n) is 5.33. The van der Waals surface area contributed by atoms with Gasteiger partial charge in [0, 0.05) is 11.6 Å². The van der Waals surface area contributed by atoms with Crippen LogP contribution in [0.4, 0.5) is 0 Å².